The first-order valence-electron chi connectivity index (χ1n) is 4.07. The molecule has 1 aromatic carbocycles. The molecule has 1 rings (SSSR count). The van der Waals surface area contributed by atoms with E-state index in [0.717, 1.165) is 11.1 Å². The topological polar surface area (TPSA) is 37.3 Å². The van der Waals surface area contributed by atoms with E-state index in [1.54, 1.807) is 0 Å². The summed E-state index contributed by atoms with van der Waals surface area (Å²) in [6.07, 6.45) is 0.624. The molecular formula is C10H11ClO2. The SMILES string of the molecule is Cc1cccc(CCC(=O)O)c1Cl. The van der Waals surface area contributed by atoms with E-state index in [1.165, 1.54) is 0 Å². The fourth-order valence-electron chi connectivity index (χ4n) is 1.14. The molecule has 0 fully saturated rings. The van der Waals surface area contributed by atoms with Gasteiger partial charge >= 0.3 is 5.97 Å². The lowest BCUT2D eigenvalue weighted by molar-refractivity contribution is -0.136. The van der Waals surface area contributed by atoms with Crippen LogP contribution < -0.4 is 0 Å². The lowest BCUT2D eigenvalue weighted by Crippen LogP contribution is -1.98. The number of aryl methyl sites for hydroxylation is 2. The van der Waals surface area contributed by atoms with Gasteiger partial charge in [0, 0.05) is 11.4 Å². The Bertz CT molecular complexity index is 321. The van der Waals surface area contributed by atoms with Crippen LogP contribution in [0.4, 0.5) is 0 Å². The van der Waals surface area contributed by atoms with Crippen LogP contribution in [0.2, 0.25) is 5.02 Å². The van der Waals surface area contributed by atoms with Gasteiger partial charge in [-0.25, -0.2) is 0 Å². The molecule has 0 radical (unpaired) electrons. The minimum atomic E-state index is -0.794. The van der Waals surface area contributed by atoms with E-state index in [-0.39, 0.29) is 6.42 Å². The van der Waals surface area contributed by atoms with Crippen LogP contribution in [0.5, 0.6) is 0 Å². The Kier molecular flexibility index (Phi) is 3.32. The third-order valence-corrected chi connectivity index (χ3v) is 2.42. The van der Waals surface area contributed by atoms with Crippen LogP contribution >= 0.6 is 11.6 Å². The van der Waals surface area contributed by atoms with Crippen LogP contribution in [-0.2, 0) is 11.2 Å². The molecule has 0 amide bonds. The molecule has 0 aromatic heterocycles. The number of hydrogen-bond acceptors (Lipinski definition) is 1. The lowest BCUT2D eigenvalue weighted by Gasteiger charge is -2.04. The van der Waals surface area contributed by atoms with Gasteiger partial charge in [0.15, 0.2) is 0 Å². The first-order chi connectivity index (χ1) is 6.11. The fourth-order valence-corrected chi connectivity index (χ4v) is 1.36. The van der Waals surface area contributed by atoms with Crippen molar-refractivity contribution >= 4 is 17.6 Å². The molecule has 0 unspecified atom stereocenters. The van der Waals surface area contributed by atoms with E-state index >= 15 is 0 Å². The maximum Gasteiger partial charge on any atom is 0.303 e. The Labute approximate surface area is 82.2 Å². The summed E-state index contributed by atoms with van der Waals surface area (Å²) in [7, 11) is 0. The van der Waals surface area contributed by atoms with Crippen molar-refractivity contribution in [1.29, 1.82) is 0 Å². The molecule has 0 bridgehead atoms. The molecule has 0 aliphatic heterocycles. The third-order valence-electron chi connectivity index (χ3n) is 1.88. The van der Waals surface area contributed by atoms with Crippen molar-refractivity contribution in [3.63, 3.8) is 0 Å². The summed E-state index contributed by atoms with van der Waals surface area (Å²) in [4.78, 5) is 10.3. The average Bonchev–Trinajstić information content (AvgIpc) is 2.07. The maximum absolute atomic E-state index is 10.3. The summed E-state index contributed by atoms with van der Waals surface area (Å²) in [5.41, 5.74) is 1.90. The summed E-state index contributed by atoms with van der Waals surface area (Å²) >= 11 is 5.98. The Balaban J connectivity index is 2.77. The average molecular weight is 199 g/mol. The van der Waals surface area contributed by atoms with Crippen molar-refractivity contribution in [2.45, 2.75) is 19.8 Å². The number of benzene rings is 1. The second-order valence-electron chi connectivity index (χ2n) is 2.94. The van der Waals surface area contributed by atoms with Crippen LogP contribution in [0.1, 0.15) is 17.5 Å². The number of carbonyl (C=O) groups is 1. The van der Waals surface area contributed by atoms with E-state index in [9.17, 15) is 4.79 Å². The molecule has 70 valence electrons. The Morgan fingerprint density at radius 1 is 1.54 bits per heavy atom. The van der Waals surface area contributed by atoms with Gasteiger partial charge in [0.2, 0.25) is 0 Å². The zero-order valence-electron chi connectivity index (χ0n) is 7.38. The molecule has 13 heavy (non-hydrogen) atoms. The van der Waals surface area contributed by atoms with Gasteiger partial charge in [-0.15, -0.1) is 0 Å². The van der Waals surface area contributed by atoms with Crippen LogP contribution in [0.3, 0.4) is 0 Å². The highest BCUT2D eigenvalue weighted by Gasteiger charge is 2.04. The standard InChI is InChI=1S/C10H11ClO2/c1-7-3-2-4-8(10(7)11)5-6-9(12)13/h2-4H,5-6H2,1H3,(H,12,13). The maximum atomic E-state index is 10.3. The molecule has 0 spiro atoms. The van der Waals surface area contributed by atoms with Crippen LogP contribution in [0.25, 0.3) is 0 Å². The summed E-state index contributed by atoms with van der Waals surface area (Å²) < 4.78 is 0. The minimum Gasteiger partial charge on any atom is -0.481 e. The molecule has 0 aliphatic rings. The van der Waals surface area contributed by atoms with Gasteiger partial charge in [-0.1, -0.05) is 29.8 Å². The smallest absolute Gasteiger partial charge is 0.303 e. The molecule has 2 nitrogen and oxygen atoms in total. The summed E-state index contributed by atoms with van der Waals surface area (Å²) in [5, 5.41) is 9.18. The van der Waals surface area contributed by atoms with Gasteiger partial charge in [0.25, 0.3) is 0 Å². The molecule has 0 saturated heterocycles. The number of rotatable bonds is 3. The van der Waals surface area contributed by atoms with Crippen molar-refractivity contribution in [3.8, 4) is 0 Å². The van der Waals surface area contributed by atoms with E-state index in [2.05, 4.69) is 0 Å². The highest BCUT2D eigenvalue weighted by atomic mass is 35.5. The molecular weight excluding hydrogens is 188 g/mol. The number of halogens is 1. The van der Waals surface area contributed by atoms with Crippen LogP contribution in [-0.4, -0.2) is 11.1 Å². The van der Waals surface area contributed by atoms with Gasteiger partial charge in [-0.3, -0.25) is 4.79 Å². The first kappa shape index (κ1) is 10.1. The molecule has 0 atom stereocenters. The largest absolute Gasteiger partial charge is 0.481 e. The zero-order valence-corrected chi connectivity index (χ0v) is 8.14. The fraction of sp³-hybridized carbons (Fsp3) is 0.300. The highest BCUT2D eigenvalue weighted by Crippen LogP contribution is 2.21. The Hall–Kier alpha value is -1.02. The van der Waals surface area contributed by atoms with Gasteiger partial charge in [-0.2, -0.15) is 0 Å². The predicted octanol–water partition coefficient (Wildman–Crippen LogP) is 2.67. The Morgan fingerprint density at radius 3 is 2.85 bits per heavy atom. The molecule has 1 N–H and O–H groups in total. The van der Waals surface area contributed by atoms with Gasteiger partial charge in [-0.05, 0) is 24.5 Å². The summed E-state index contributed by atoms with van der Waals surface area (Å²) in [6, 6.07) is 5.66. The van der Waals surface area contributed by atoms with E-state index in [1.807, 2.05) is 25.1 Å². The second-order valence-corrected chi connectivity index (χ2v) is 3.32. The zero-order chi connectivity index (χ0) is 9.84. The molecule has 3 heteroatoms. The monoisotopic (exact) mass is 198 g/mol. The van der Waals surface area contributed by atoms with Crippen molar-refractivity contribution in [3.05, 3.63) is 34.3 Å². The molecule has 0 heterocycles. The van der Waals surface area contributed by atoms with E-state index in [0.29, 0.717) is 11.4 Å². The van der Waals surface area contributed by atoms with Crippen molar-refractivity contribution in [2.75, 3.05) is 0 Å². The quantitative estimate of drug-likeness (QED) is 0.811. The van der Waals surface area contributed by atoms with E-state index in [4.69, 9.17) is 16.7 Å². The second kappa shape index (κ2) is 4.28. The summed E-state index contributed by atoms with van der Waals surface area (Å²) in [5.74, 6) is -0.794. The van der Waals surface area contributed by atoms with Gasteiger partial charge < -0.3 is 5.11 Å². The summed E-state index contributed by atoms with van der Waals surface area (Å²) in [6.45, 7) is 1.91. The number of hydrogen-bond donors (Lipinski definition) is 1. The predicted molar refractivity (Wildman–Crippen MR) is 52.1 cm³/mol. The number of aliphatic carboxylic acids is 1. The van der Waals surface area contributed by atoms with Crippen molar-refractivity contribution in [1.82, 2.24) is 0 Å². The molecule has 0 aliphatic carbocycles. The van der Waals surface area contributed by atoms with Crippen LogP contribution in [0, 0.1) is 6.92 Å². The molecule has 1 aromatic rings. The minimum absolute atomic E-state index is 0.128. The van der Waals surface area contributed by atoms with Crippen molar-refractivity contribution in [2.24, 2.45) is 0 Å². The number of carboxylic acids is 1. The highest BCUT2D eigenvalue weighted by molar-refractivity contribution is 6.32. The lowest BCUT2D eigenvalue weighted by atomic mass is 10.1. The third kappa shape index (κ3) is 2.74. The van der Waals surface area contributed by atoms with Gasteiger partial charge in [0.1, 0.15) is 0 Å². The van der Waals surface area contributed by atoms with Crippen molar-refractivity contribution < 1.29 is 9.90 Å². The van der Waals surface area contributed by atoms with Crippen LogP contribution in [0.15, 0.2) is 18.2 Å². The van der Waals surface area contributed by atoms with Gasteiger partial charge in [0.05, 0.1) is 0 Å². The number of carboxylic acid groups (broad SMARTS) is 1. The molecule has 0 saturated carbocycles. The van der Waals surface area contributed by atoms with E-state index < -0.39 is 5.97 Å². The normalized spacial score (nSPS) is 10.0. The Morgan fingerprint density at radius 2 is 2.23 bits per heavy atom. The first-order valence-corrected chi connectivity index (χ1v) is 4.45.